The van der Waals surface area contributed by atoms with Gasteiger partial charge in [0.25, 0.3) is 5.91 Å². The van der Waals surface area contributed by atoms with Crippen LogP contribution in [-0.2, 0) is 17.9 Å². The molecule has 2 aromatic carbocycles. The molecule has 1 atom stereocenters. The first-order valence-corrected chi connectivity index (χ1v) is 13.6. The Morgan fingerprint density at radius 1 is 1.00 bits per heavy atom. The average molecular weight is 518 g/mol. The minimum Gasteiger partial charge on any atom is -0.497 e. The fourth-order valence-corrected chi connectivity index (χ4v) is 4.40. The van der Waals surface area contributed by atoms with Gasteiger partial charge in [0.2, 0.25) is 5.91 Å². The van der Waals surface area contributed by atoms with Crippen molar-refractivity contribution >= 4 is 11.8 Å². The van der Waals surface area contributed by atoms with Crippen molar-refractivity contribution in [1.82, 2.24) is 14.4 Å². The van der Waals surface area contributed by atoms with Crippen molar-refractivity contribution in [2.75, 3.05) is 20.2 Å². The molecule has 204 valence electrons. The van der Waals surface area contributed by atoms with E-state index in [0.717, 1.165) is 35.4 Å². The van der Waals surface area contributed by atoms with Gasteiger partial charge in [0, 0.05) is 36.6 Å². The Bertz CT molecular complexity index is 1180. The fourth-order valence-electron chi connectivity index (χ4n) is 4.40. The lowest BCUT2D eigenvalue weighted by Gasteiger charge is -2.32. The number of carbonyl (C=O) groups is 2. The van der Waals surface area contributed by atoms with E-state index in [2.05, 4.69) is 44.4 Å². The van der Waals surface area contributed by atoms with E-state index in [4.69, 9.17) is 4.74 Å². The van der Waals surface area contributed by atoms with Crippen LogP contribution < -0.4 is 4.74 Å². The zero-order valence-corrected chi connectivity index (χ0v) is 23.8. The van der Waals surface area contributed by atoms with Crippen LogP contribution in [0.2, 0.25) is 0 Å². The number of nitrogens with zero attached hydrogens (tertiary/aromatic N) is 3. The number of amides is 2. The Hall–Kier alpha value is -3.54. The number of ether oxygens (including phenoxy) is 1. The Kier molecular flexibility index (Phi) is 10.6. The molecule has 0 radical (unpaired) electrons. The molecule has 0 aliphatic carbocycles. The lowest BCUT2D eigenvalue weighted by Crippen LogP contribution is -2.46. The Labute approximate surface area is 228 Å². The van der Waals surface area contributed by atoms with Crippen LogP contribution in [0.1, 0.15) is 67.7 Å². The summed E-state index contributed by atoms with van der Waals surface area (Å²) in [5.41, 5.74) is 3.91. The molecule has 0 aliphatic rings. The monoisotopic (exact) mass is 517 g/mol. The van der Waals surface area contributed by atoms with Crippen LogP contribution in [0.5, 0.6) is 5.75 Å². The zero-order chi connectivity index (χ0) is 27.7. The van der Waals surface area contributed by atoms with Crippen LogP contribution in [0, 0.1) is 12.8 Å². The second-order valence-electron chi connectivity index (χ2n) is 10.5. The fraction of sp³-hybridized carbons (Fsp3) is 0.438. The summed E-state index contributed by atoms with van der Waals surface area (Å²) in [6.45, 7) is 12.2. The van der Waals surface area contributed by atoms with Gasteiger partial charge in [-0.2, -0.15) is 0 Å². The van der Waals surface area contributed by atoms with Crippen molar-refractivity contribution in [3.63, 3.8) is 0 Å². The number of benzene rings is 2. The third-order valence-electron chi connectivity index (χ3n) is 7.07. The first kappa shape index (κ1) is 29.0. The summed E-state index contributed by atoms with van der Waals surface area (Å²) >= 11 is 0. The molecule has 0 fully saturated rings. The topological polar surface area (TPSA) is 54.8 Å². The standard InChI is InChI=1S/C32H43N3O3/c1-7-26(5)35(22-29-11-9-18-33(29)21-27-10-8-12-30(20-27)38-6)31(36)23-34(19-17-24(2)3)32(37)28-15-13-25(4)14-16-28/h8-16,18,20,24,26H,7,17,19,21-23H2,1-6H3. The van der Waals surface area contributed by atoms with E-state index in [9.17, 15) is 9.59 Å². The van der Waals surface area contributed by atoms with E-state index < -0.39 is 0 Å². The van der Waals surface area contributed by atoms with Gasteiger partial charge in [-0.25, -0.2) is 0 Å². The SMILES string of the molecule is CCC(C)N(Cc1cccn1Cc1cccc(OC)c1)C(=O)CN(CCC(C)C)C(=O)c1ccc(C)cc1. The zero-order valence-electron chi connectivity index (χ0n) is 23.8. The second-order valence-corrected chi connectivity index (χ2v) is 10.5. The molecule has 3 rings (SSSR count). The predicted octanol–water partition coefficient (Wildman–Crippen LogP) is 6.17. The van der Waals surface area contributed by atoms with Crippen LogP contribution in [0.3, 0.4) is 0 Å². The lowest BCUT2D eigenvalue weighted by molar-refractivity contribution is -0.134. The second kappa shape index (κ2) is 13.8. The highest BCUT2D eigenvalue weighted by molar-refractivity contribution is 5.96. The predicted molar refractivity (Wildman–Crippen MR) is 153 cm³/mol. The van der Waals surface area contributed by atoms with Crippen LogP contribution >= 0.6 is 0 Å². The number of aryl methyl sites for hydroxylation is 1. The maximum atomic E-state index is 13.8. The molecule has 1 heterocycles. The van der Waals surface area contributed by atoms with E-state index in [0.29, 0.717) is 31.1 Å². The van der Waals surface area contributed by atoms with E-state index in [1.807, 2.05) is 66.6 Å². The van der Waals surface area contributed by atoms with Crippen molar-refractivity contribution in [3.05, 3.63) is 89.2 Å². The van der Waals surface area contributed by atoms with Gasteiger partial charge in [-0.1, -0.05) is 50.6 Å². The third-order valence-corrected chi connectivity index (χ3v) is 7.07. The highest BCUT2D eigenvalue weighted by Gasteiger charge is 2.26. The molecule has 0 saturated heterocycles. The number of rotatable bonds is 13. The van der Waals surface area contributed by atoms with Crippen molar-refractivity contribution in [1.29, 1.82) is 0 Å². The van der Waals surface area contributed by atoms with Crippen molar-refractivity contribution in [2.45, 2.75) is 66.6 Å². The average Bonchev–Trinajstić information content (AvgIpc) is 3.35. The maximum Gasteiger partial charge on any atom is 0.254 e. The number of hydrogen-bond acceptors (Lipinski definition) is 3. The summed E-state index contributed by atoms with van der Waals surface area (Å²) in [6.07, 6.45) is 3.72. The molecule has 0 bridgehead atoms. The summed E-state index contributed by atoms with van der Waals surface area (Å²) in [6, 6.07) is 19.7. The van der Waals surface area contributed by atoms with Gasteiger partial charge in [0.05, 0.1) is 13.7 Å². The van der Waals surface area contributed by atoms with Crippen LogP contribution in [0.25, 0.3) is 0 Å². The molecular weight excluding hydrogens is 474 g/mol. The van der Waals surface area contributed by atoms with Gasteiger partial charge >= 0.3 is 0 Å². The van der Waals surface area contributed by atoms with Crippen molar-refractivity contribution < 1.29 is 14.3 Å². The molecule has 0 aliphatic heterocycles. The maximum absolute atomic E-state index is 13.8. The first-order chi connectivity index (χ1) is 18.2. The quantitative estimate of drug-likeness (QED) is 0.272. The smallest absolute Gasteiger partial charge is 0.254 e. The molecule has 3 aromatic rings. The van der Waals surface area contributed by atoms with Gasteiger partial charge < -0.3 is 19.1 Å². The van der Waals surface area contributed by atoms with Gasteiger partial charge in [0.1, 0.15) is 12.3 Å². The summed E-state index contributed by atoms with van der Waals surface area (Å²) in [5.74, 6) is 1.14. The highest BCUT2D eigenvalue weighted by atomic mass is 16.5. The van der Waals surface area contributed by atoms with E-state index in [1.165, 1.54) is 0 Å². The molecule has 2 amide bonds. The summed E-state index contributed by atoms with van der Waals surface area (Å²) < 4.78 is 7.55. The number of aromatic nitrogens is 1. The van der Waals surface area contributed by atoms with E-state index in [-0.39, 0.29) is 24.4 Å². The molecule has 0 saturated carbocycles. The Balaban J connectivity index is 1.80. The van der Waals surface area contributed by atoms with Gasteiger partial charge in [0.15, 0.2) is 0 Å². The first-order valence-electron chi connectivity index (χ1n) is 13.6. The van der Waals surface area contributed by atoms with Crippen LogP contribution in [-0.4, -0.2) is 52.4 Å². The Morgan fingerprint density at radius 3 is 2.39 bits per heavy atom. The summed E-state index contributed by atoms with van der Waals surface area (Å²) in [7, 11) is 1.67. The molecule has 1 aromatic heterocycles. The van der Waals surface area contributed by atoms with Gasteiger partial charge in [-0.3, -0.25) is 9.59 Å². The summed E-state index contributed by atoms with van der Waals surface area (Å²) in [5, 5.41) is 0. The largest absolute Gasteiger partial charge is 0.497 e. The van der Waals surface area contributed by atoms with Gasteiger partial charge in [-0.15, -0.1) is 0 Å². The van der Waals surface area contributed by atoms with Crippen molar-refractivity contribution in [3.8, 4) is 5.75 Å². The number of methoxy groups -OCH3 is 1. The Morgan fingerprint density at radius 2 is 1.74 bits per heavy atom. The van der Waals surface area contributed by atoms with Gasteiger partial charge in [-0.05, 0) is 74.6 Å². The van der Waals surface area contributed by atoms with E-state index >= 15 is 0 Å². The highest BCUT2D eigenvalue weighted by Crippen LogP contribution is 2.18. The molecule has 6 heteroatoms. The normalized spacial score (nSPS) is 11.9. The van der Waals surface area contributed by atoms with E-state index in [1.54, 1.807) is 12.0 Å². The van der Waals surface area contributed by atoms with Crippen molar-refractivity contribution in [2.24, 2.45) is 5.92 Å². The summed E-state index contributed by atoms with van der Waals surface area (Å²) in [4.78, 5) is 30.8. The van der Waals surface area contributed by atoms with Crippen LogP contribution in [0.4, 0.5) is 0 Å². The molecule has 38 heavy (non-hydrogen) atoms. The minimum atomic E-state index is -0.0931. The molecular formula is C32H43N3O3. The van der Waals surface area contributed by atoms with Crippen LogP contribution in [0.15, 0.2) is 66.9 Å². The number of hydrogen-bond donors (Lipinski definition) is 0. The molecule has 0 N–H and O–H groups in total. The minimum absolute atomic E-state index is 0.0299. The number of carbonyl (C=O) groups excluding carboxylic acids is 2. The molecule has 1 unspecified atom stereocenters. The lowest BCUT2D eigenvalue weighted by atomic mass is 10.1. The molecule has 0 spiro atoms. The molecule has 6 nitrogen and oxygen atoms in total. The third kappa shape index (κ3) is 7.98.